The summed E-state index contributed by atoms with van der Waals surface area (Å²) in [5.41, 5.74) is 1.49. The molecule has 2 aromatic carbocycles. The number of hydrogen-bond donors (Lipinski definition) is 0. The van der Waals surface area contributed by atoms with Crippen LogP contribution in [0.4, 0.5) is 0 Å². The highest BCUT2D eigenvalue weighted by molar-refractivity contribution is 7.90. The summed E-state index contributed by atoms with van der Waals surface area (Å²) >= 11 is 0. The summed E-state index contributed by atoms with van der Waals surface area (Å²) in [7, 11) is 0.987. The molecule has 0 spiro atoms. The second kappa shape index (κ2) is 11.8. The first-order valence-electron chi connectivity index (χ1n) is 11.7. The fraction of sp³-hybridized carbons (Fsp3) is 0.500. The fourth-order valence-electron chi connectivity index (χ4n) is 4.11. The van der Waals surface area contributed by atoms with Gasteiger partial charge < -0.3 is 28.4 Å². The van der Waals surface area contributed by atoms with Crippen molar-refractivity contribution in [3.63, 3.8) is 0 Å². The Bertz CT molecular complexity index is 1170. The maximum atomic E-state index is 12.7. The quantitative estimate of drug-likeness (QED) is 0.399. The molecule has 2 aromatic rings. The van der Waals surface area contributed by atoms with Gasteiger partial charge >= 0.3 is 0 Å². The normalized spacial score (nSPS) is 17.5. The summed E-state index contributed by atoms with van der Waals surface area (Å²) in [5.74, 6) is 1.67. The number of ketones is 1. The third-order valence-corrected chi connectivity index (χ3v) is 6.88. The molecule has 0 bridgehead atoms. The fourth-order valence-corrected chi connectivity index (χ4v) is 4.95. The molecule has 1 heterocycles. The number of ether oxygens (including phenoxy) is 6. The SMILES string of the molecule is CCCOc1c(OCC(C)=O)cc(C2CCC(c3cc(OC)c(OC)c(OC)c3)O2)cc1S(C)(=O)=O. The van der Waals surface area contributed by atoms with Gasteiger partial charge in [-0.1, -0.05) is 6.92 Å². The number of Topliss-reactive ketones (excluding diaryl/α,β-unsaturated/α-hetero) is 1. The van der Waals surface area contributed by atoms with Gasteiger partial charge in [-0.2, -0.15) is 0 Å². The predicted molar refractivity (Wildman–Crippen MR) is 133 cm³/mol. The zero-order valence-electron chi connectivity index (χ0n) is 21.6. The average molecular weight is 523 g/mol. The van der Waals surface area contributed by atoms with Crippen molar-refractivity contribution in [2.45, 2.75) is 50.2 Å². The van der Waals surface area contributed by atoms with Gasteiger partial charge in [-0.15, -0.1) is 0 Å². The van der Waals surface area contributed by atoms with Crippen LogP contribution in [0.3, 0.4) is 0 Å². The molecular weight excluding hydrogens is 488 g/mol. The highest BCUT2D eigenvalue weighted by Crippen LogP contribution is 2.48. The van der Waals surface area contributed by atoms with Gasteiger partial charge in [-0.05, 0) is 61.6 Å². The van der Waals surface area contributed by atoms with Crippen LogP contribution in [0.5, 0.6) is 28.7 Å². The van der Waals surface area contributed by atoms with Crippen molar-refractivity contribution in [3.8, 4) is 28.7 Å². The first-order valence-corrected chi connectivity index (χ1v) is 13.6. The van der Waals surface area contributed by atoms with E-state index in [1.165, 1.54) is 6.92 Å². The van der Waals surface area contributed by atoms with E-state index in [9.17, 15) is 13.2 Å². The van der Waals surface area contributed by atoms with Crippen LogP contribution in [-0.4, -0.2) is 55.0 Å². The molecule has 10 heteroatoms. The summed E-state index contributed by atoms with van der Waals surface area (Å²) in [6.45, 7) is 3.42. The number of benzene rings is 2. The van der Waals surface area contributed by atoms with Gasteiger partial charge in [0.25, 0.3) is 0 Å². The summed E-state index contributed by atoms with van der Waals surface area (Å²) in [6.07, 6.45) is 2.46. The average Bonchev–Trinajstić information content (AvgIpc) is 3.34. The lowest BCUT2D eigenvalue weighted by atomic mass is 10.0. The van der Waals surface area contributed by atoms with Gasteiger partial charge in [-0.25, -0.2) is 8.42 Å². The molecule has 198 valence electrons. The molecule has 1 saturated heterocycles. The Kier molecular flexibility index (Phi) is 9.08. The smallest absolute Gasteiger partial charge is 0.203 e. The van der Waals surface area contributed by atoms with Crippen molar-refractivity contribution in [1.82, 2.24) is 0 Å². The molecule has 1 aliphatic rings. The third-order valence-electron chi connectivity index (χ3n) is 5.77. The van der Waals surface area contributed by atoms with E-state index < -0.39 is 15.9 Å². The molecule has 0 aromatic heterocycles. The standard InChI is InChI=1S/C26H34O9S/c1-7-10-33-26-23(34-15-16(2)27)13-18(14-24(26)36(6,28)29)20-9-8-19(35-20)17-11-21(30-3)25(32-5)22(12-17)31-4/h11-14,19-20H,7-10,15H2,1-6H3. The van der Waals surface area contributed by atoms with E-state index in [0.29, 0.717) is 48.7 Å². The van der Waals surface area contributed by atoms with Crippen LogP contribution >= 0.6 is 0 Å². The van der Waals surface area contributed by atoms with E-state index >= 15 is 0 Å². The van der Waals surface area contributed by atoms with Crippen LogP contribution in [0, 0.1) is 0 Å². The number of methoxy groups -OCH3 is 3. The van der Waals surface area contributed by atoms with E-state index in [0.717, 1.165) is 11.8 Å². The lowest BCUT2D eigenvalue weighted by Gasteiger charge is -2.20. The van der Waals surface area contributed by atoms with Crippen molar-refractivity contribution in [2.24, 2.45) is 0 Å². The highest BCUT2D eigenvalue weighted by atomic mass is 32.2. The highest BCUT2D eigenvalue weighted by Gasteiger charge is 2.32. The molecule has 1 fully saturated rings. The van der Waals surface area contributed by atoms with Crippen LogP contribution < -0.4 is 23.7 Å². The van der Waals surface area contributed by atoms with Gasteiger partial charge in [0.15, 0.2) is 38.6 Å². The summed E-state index contributed by atoms with van der Waals surface area (Å²) < 4.78 is 59.5. The van der Waals surface area contributed by atoms with Gasteiger partial charge in [0, 0.05) is 6.26 Å². The number of hydrogen-bond acceptors (Lipinski definition) is 9. The Labute approximate surface area is 212 Å². The summed E-state index contributed by atoms with van der Waals surface area (Å²) in [4.78, 5) is 11.6. The molecule has 0 amide bonds. The molecule has 9 nitrogen and oxygen atoms in total. The molecule has 0 radical (unpaired) electrons. The molecule has 2 atom stereocenters. The minimum atomic E-state index is -3.66. The molecule has 0 saturated carbocycles. The van der Waals surface area contributed by atoms with Crippen LogP contribution in [-0.2, 0) is 19.4 Å². The van der Waals surface area contributed by atoms with Crippen LogP contribution in [0.25, 0.3) is 0 Å². The third kappa shape index (κ3) is 6.22. The number of sulfone groups is 1. The zero-order valence-corrected chi connectivity index (χ0v) is 22.4. The molecule has 3 rings (SSSR count). The van der Waals surface area contributed by atoms with Gasteiger partial charge in [-0.3, -0.25) is 4.79 Å². The molecule has 0 N–H and O–H groups in total. The first-order chi connectivity index (χ1) is 17.1. The minimum absolute atomic E-state index is 0.00633. The van der Waals surface area contributed by atoms with Crippen molar-refractivity contribution in [2.75, 3.05) is 40.8 Å². The molecule has 1 aliphatic heterocycles. The maximum absolute atomic E-state index is 12.7. The Morgan fingerprint density at radius 3 is 1.92 bits per heavy atom. The second-order valence-corrected chi connectivity index (χ2v) is 10.6. The lowest BCUT2D eigenvalue weighted by molar-refractivity contribution is -0.118. The topological polar surface area (TPSA) is 107 Å². The van der Waals surface area contributed by atoms with Crippen LogP contribution in [0.2, 0.25) is 0 Å². The Morgan fingerprint density at radius 2 is 1.44 bits per heavy atom. The van der Waals surface area contributed by atoms with Crippen LogP contribution in [0.15, 0.2) is 29.2 Å². The zero-order chi connectivity index (χ0) is 26.5. The lowest BCUT2D eigenvalue weighted by Crippen LogP contribution is -2.12. The first kappa shape index (κ1) is 27.6. The number of carbonyl (C=O) groups excluding carboxylic acids is 1. The van der Waals surface area contributed by atoms with Crippen molar-refractivity contribution < 1.29 is 41.6 Å². The summed E-state index contributed by atoms with van der Waals surface area (Å²) in [6, 6.07) is 6.97. The molecule has 0 aliphatic carbocycles. The second-order valence-electron chi connectivity index (χ2n) is 8.61. The predicted octanol–water partition coefficient (Wildman–Crippen LogP) is 4.47. The molecule has 2 unspecified atom stereocenters. The van der Waals surface area contributed by atoms with Gasteiger partial charge in [0.05, 0.1) is 40.1 Å². The van der Waals surface area contributed by atoms with Gasteiger partial charge in [0.1, 0.15) is 11.5 Å². The van der Waals surface area contributed by atoms with E-state index in [4.69, 9.17) is 28.4 Å². The number of carbonyl (C=O) groups is 1. The Hall–Kier alpha value is -2.98. The van der Waals surface area contributed by atoms with E-state index in [1.807, 2.05) is 19.1 Å². The Balaban J connectivity index is 1.99. The summed E-state index contributed by atoms with van der Waals surface area (Å²) in [5, 5.41) is 0. The monoisotopic (exact) mass is 522 g/mol. The Morgan fingerprint density at radius 1 is 0.889 bits per heavy atom. The van der Waals surface area contributed by atoms with E-state index in [1.54, 1.807) is 33.5 Å². The van der Waals surface area contributed by atoms with E-state index in [-0.39, 0.29) is 34.9 Å². The van der Waals surface area contributed by atoms with Crippen molar-refractivity contribution >= 4 is 15.6 Å². The van der Waals surface area contributed by atoms with Gasteiger partial charge in [0.2, 0.25) is 5.75 Å². The maximum Gasteiger partial charge on any atom is 0.203 e. The van der Waals surface area contributed by atoms with E-state index in [2.05, 4.69) is 0 Å². The number of rotatable bonds is 12. The molecular formula is C26H34O9S. The van der Waals surface area contributed by atoms with Crippen molar-refractivity contribution in [1.29, 1.82) is 0 Å². The minimum Gasteiger partial charge on any atom is -0.493 e. The van der Waals surface area contributed by atoms with Crippen molar-refractivity contribution in [3.05, 3.63) is 35.4 Å². The largest absolute Gasteiger partial charge is 0.493 e. The van der Waals surface area contributed by atoms with Crippen LogP contribution in [0.1, 0.15) is 56.4 Å². The molecule has 36 heavy (non-hydrogen) atoms.